The lowest BCUT2D eigenvalue weighted by molar-refractivity contribution is -0.130. The van der Waals surface area contributed by atoms with Crippen LogP contribution in [-0.4, -0.2) is 23.1 Å². The van der Waals surface area contributed by atoms with Crippen molar-refractivity contribution >= 4 is 69.3 Å². The molecule has 1 N–H and O–H groups in total. The van der Waals surface area contributed by atoms with E-state index < -0.39 is 17.7 Å². The first-order chi connectivity index (χ1) is 12.0. The van der Waals surface area contributed by atoms with Gasteiger partial charge in [0.1, 0.15) is 0 Å². The highest BCUT2D eigenvalue weighted by molar-refractivity contribution is 14.1. The van der Waals surface area contributed by atoms with Gasteiger partial charge in [-0.25, -0.2) is 0 Å². The highest BCUT2D eigenvalue weighted by Crippen LogP contribution is 2.22. The van der Waals surface area contributed by atoms with Gasteiger partial charge in [-0.2, -0.15) is 0 Å². The molecule has 0 aliphatic carbocycles. The number of nitrogens with one attached hydrogen (secondary N) is 1. The third kappa shape index (κ3) is 3.93. The number of aryl methyl sites for hydroxylation is 1. The van der Waals surface area contributed by atoms with E-state index in [2.05, 4.69) is 32.9 Å². The van der Waals surface area contributed by atoms with Crippen molar-refractivity contribution in [1.82, 2.24) is 5.32 Å². The molecule has 1 aliphatic rings. The van der Waals surface area contributed by atoms with Gasteiger partial charge in [-0.1, -0.05) is 23.8 Å². The lowest BCUT2D eigenvalue weighted by atomic mass is 10.1. The van der Waals surface area contributed by atoms with Crippen molar-refractivity contribution in [2.24, 2.45) is 10.9 Å². The minimum absolute atomic E-state index is 0.0813. The molecule has 0 radical (unpaired) electrons. The molecule has 1 atom stereocenters. The van der Waals surface area contributed by atoms with Gasteiger partial charge in [0.05, 0.1) is 11.4 Å². The molecular weight excluding hydrogens is 449 g/mol. The highest BCUT2D eigenvalue weighted by Gasteiger charge is 2.38. The first kappa shape index (κ1) is 17.7. The van der Waals surface area contributed by atoms with E-state index in [1.165, 1.54) is 11.1 Å². The number of nitrogens with zero attached hydrogens (tertiary/aromatic N) is 2. The van der Waals surface area contributed by atoms with Gasteiger partial charge in [-0.15, -0.1) is 0 Å². The number of anilines is 1. The molecule has 7 heteroatoms. The van der Waals surface area contributed by atoms with E-state index in [-0.39, 0.29) is 5.11 Å². The predicted molar refractivity (Wildman–Crippen MR) is 110 cm³/mol. The smallest absolute Gasteiger partial charge is 0.251 e. The van der Waals surface area contributed by atoms with E-state index in [0.29, 0.717) is 11.4 Å². The van der Waals surface area contributed by atoms with E-state index in [1.807, 2.05) is 43.3 Å². The zero-order valence-corrected chi connectivity index (χ0v) is 16.2. The molecule has 0 unspecified atom stereocenters. The molecule has 1 saturated heterocycles. The van der Waals surface area contributed by atoms with E-state index in [9.17, 15) is 9.59 Å². The molecule has 1 aliphatic heterocycles. The number of halogens is 1. The number of carbonyl (C=O) groups is 2. The maximum Gasteiger partial charge on any atom is 0.251 e. The lowest BCUT2D eigenvalue weighted by Crippen LogP contribution is -2.58. The summed E-state index contributed by atoms with van der Waals surface area (Å²) < 4.78 is 1.02. The van der Waals surface area contributed by atoms with E-state index >= 15 is 0 Å². The van der Waals surface area contributed by atoms with Gasteiger partial charge in [-0.05, 0) is 72.1 Å². The van der Waals surface area contributed by atoms with Gasteiger partial charge >= 0.3 is 0 Å². The lowest BCUT2D eigenvalue weighted by Gasteiger charge is -2.30. The number of thiocarbonyl (C=S) groups is 1. The molecule has 25 heavy (non-hydrogen) atoms. The molecule has 5 nitrogen and oxygen atoms in total. The second-order valence-corrected chi connectivity index (χ2v) is 7.17. The summed E-state index contributed by atoms with van der Waals surface area (Å²) in [6.07, 6.45) is 1.37. The van der Waals surface area contributed by atoms with Crippen LogP contribution in [0.25, 0.3) is 0 Å². The van der Waals surface area contributed by atoms with Gasteiger partial charge in [-0.3, -0.25) is 19.5 Å². The minimum atomic E-state index is -1.02. The van der Waals surface area contributed by atoms with Crippen LogP contribution in [0.15, 0.2) is 53.5 Å². The van der Waals surface area contributed by atoms with Gasteiger partial charge in [0.15, 0.2) is 11.0 Å². The summed E-state index contributed by atoms with van der Waals surface area (Å²) in [6, 6.07) is 14.8. The molecule has 3 rings (SSSR count). The highest BCUT2D eigenvalue weighted by atomic mass is 127. The number of hydrogen-bond donors (Lipinski definition) is 1. The first-order valence-electron chi connectivity index (χ1n) is 7.51. The molecule has 0 spiro atoms. The molecule has 2 amide bonds. The summed E-state index contributed by atoms with van der Waals surface area (Å²) >= 11 is 7.35. The molecule has 2 aromatic carbocycles. The Hall–Kier alpha value is -2.13. The van der Waals surface area contributed by atoms with Crippen molar-refractivity contribution < 1.29 is 9.59 Å². The topological polar surface area (TPSA) is 61.8 Å². The second kappa shape index (κ2) is 7.40. The fourth-order valence-electron chi connectivity index (χ4n) is 2.38. The Labute approximate surface area is 164 Å². The fraction of sp³-hybridized carbons (Fsp3) is 0.111. The maximum atomic E-state index is 12.8. The Morgan fingerprint density at radius 3 is 2.60 bits per heavy atom. The SMILES string of the molecule is Cc1ccc(N2C(=O)[C@H](C=Nc3cccc(I)c3)C(=O)NC2=S)cc1. The standard InChI is InChI=1S/C18H14IN3O2S/c1-11-5-7-14(8-6-11)22-17(24)15(16(23)21-18(22)25)10-20-13-4-2-3-12(19)9-13/h2-10,15H,1H3,(H,21,23,25)/t15-/m1/s1. The third-order valence-electron chi connectivity index (χ3n) is 3.68. The van der Waals surface area contributed by atoms with Crippen molar-refractivity contribution in [3.05, 3.63) is 57.7 Å². The second-order valence-electron chi connectivity index (χ2n) is 5.54. The monoisotopic (exact) mass is 463 g/mol. The Bertz CT molecular complexity index is 880. The Morgan fingerprint density at radius 2 is 1.92 bits per heavy atom. The van der Waals surface area contributed by atoms with Crippen molar-refractivity contribution in [2.75, 3.05) is 4.90 Å². The van der Waals surface area contributed by atoms with Crippen molar-refractivity contribution in [3.8, 4) is 0 Å². The number of rotatable bonds is 3. The summed E-state index contributed by atoms with van der Waals surface area (Å²) in [6.45, 7) is 1.96. The minimum Gasteiger partial charge on any atom is -0.301 e. The van der Waals surface area contributed by atoms with Crippen molar-refractivity contribution in [2.45, 2.75) is 6.92 Å². The molecule has 1 heterocycles. The van der Waals surface area contributed by atoms with Gasteiger partial charge in [0.2, 0.25) is 5.91 Å². The van der Waals surface area contributed by atoms with E-state index in [1.54, 1.807) is 12.1 Å². The molecule has 0 aromatic heterocycles. The van der Waals surface area contributed by atoms with Gasteiger partial charge in [0.25, 0.3) is 5.91 Å². The summed E-state index contributed by atoms with van der Waals surface area (Å²) in [5, 5.41) is 2.66. The maximum absolute atomic E-state index is 12.8. The van der Waals surface area contributed by atoms with Crippen LogP contribution in [-0.2, 0) is 9.59 Å². The normalized spacial score (nSPS) is 17.9. The largest absolute Gasteiger partial charge is 0.301 e. The average molecular weight is 463 g/mol. The van der Waals surface area contributed by atoms with Crippen LogP contribution >= 0.6 is 34.8 Å². The van der Waals surface area contributed by atoms with Gasteiger partial charge < -0.3 is 5.32 Å². The quantitative estimate of drug-likeness (QED) is 0.329. The van der Waals surface area contributed by atoms with Crippen LogP contribution in [0.3, 0.4) is 0 Å². The third-order valence-corrected chi connectivity index (χ3v) is 4.63. The van der Waals surface area contributed by atoms with Crippen LogP contribution < -0.4 is 10.2 Å². The number of aliphatic imine (C=N–C) groups is 1. The zero-order valence-electron chi connectivity index (χ0n) is 13.3. The first-order valence-corrected chi connectivity index (χ1v) is 8.99. The number of carbonyl (C=O) groups excluding carboxylic acids is 2. The molecule has 1 fully saturated rings. The fourth-order valence-corrected chi connectivity index (χ4v) is 3.20. The summed E-state index contributed by atoms with van der Waals surface area (Å²) in [4.78, 5) is 30.6. The van der Waals surface area contributed by atoms with Crippen LogP contribution in [0.1, 0.15) is 5.56 Å². The van der Waals surface area contributed by atoms with Crippen LogP contribution in [0.5, 0.6) is 0 Å². The molecular formula is C18H14IN3O2S. The van der Waals surface area contributed by atoms with Crippen LogP contribution in [0, 0.1) is 16.4 Å². The van der Waals surface area contributed by atoms with Crippen molar-refractivity contribution in [3.63, 3.8) is 0 Å². The summed E-state index contributed by atoms with van der Waals surface area (Å²) in [5.74, 6) is -1.90. The Balaban J connectivity index is 1.89. The van der Waals surface area contributed by atoms with Gasteiger partial charge in [0, 0.05) is 9.78 Å². The van der Waals surface area contributed by atoms with Crippen molar-refractivity contribution in [1.29, 1.82) is 0 Å². The van der Waals surface area contributed by atoms with E-state index in [0.717, 1.165) is 9.13 Å². The molecule has 0 bridgehead atoms. The molecule has 2 aromatic rings. The predicted octanol–water partition coefficient (Wildman–Crippen LogP) is 3.37. The Kier molecular flexibility index (Phi) is 5.24. The Morgan fingerprint density at radius 1 is 1.20 bits per heavy atom. The van der Waals surface area contributed by atoms with Crippen LogP contribution in [0.4, 0.5) is 11.4 Å². The van der Waals surface area contributed by atoms with Crippen LogP contribution in [0.2, 0.25) is 0 Å². The molecule has 0 saturated carbocycles. The van der Waals surface area contributed by atoms with E-state index in [4.69, 9.17) is 12.2 Å². The number of amides is 2. The summed E-state index contributed by atoms with van der Waals surface area (Å²) in [5.41, 5.74) is 2.37. The average Bonchev–Trinajstić information content (AvgIpc) is 2.56. The number of hydrogen-bond acceptors (Lipinski definition) is 4. The summed E-state index contributed by atoms with van der Waals surface area (Å²) in [7, 11) is 0. The zero-order chi connectivity index (χ0) is 18.0. The molecule has 126 valence electrons. The number of benzene rings is 2.